The van der Waals surface area contributed by atoms with Crippen LogP contribution in [0.15, 0.2) is 0 Å². The van der Waals surface area contributed by atoms with E-state index in [0.29, 0.717) is 18.0 Å². The van der Waals surface area contributed by atoms with Crippen molar-refractivity contribution in [2.45, 2.75) is 50.0 Å². The molecule has 3 rings (SSSR count). The maximum Gasteiger partial charge on any atom is 0.170 e. The first-order chi connectivity index (χ1) is 10.3. The molecule has 1 spiro atoms. The smallest absolute Gasteiger partial charge is 0.170 e. The summed E-state index contributed by atoms with van der Waals surface area (Å²) < 4.78 is 17.3. The molecule has 1 N–H and O–H groups in total. The molecule has 0 radical (unpaired) electrons. The number of nitrogens with zero attached hydrogens (tertiary/aromatic N) is 1. The predicted molar refractivity (Wildman–Crippen MR) is 81.3 cm³/mol. The Morgan fingerprint density at radius 1 is 1.29 bits per heavy atom. The van der Waals surface area contributed by atoms with Crippen molar-refractivity contribution in [3.8, 4) is 0 Å². The molecule has 2 saturated heterocycles. The van der Waals surface area contributed by atoms with Crippen LogP contribution in [0.3, 0.4) is 0 Å². The van der Waals surface area contributed by atoms with E-state index in [1.807, 2.05) is 7.11 Å². The van der Waals surface area contributed by atoms with Crippen molar-refractivity contribution >= 4 is 0 Å². The van der Waals surface area contributed by atoms with Gasteiger partial charge in [0.05, 0.1) is 19.8 Å². The monoisotopic (exact) mass is 298 g/mol. The Hall–Kier alpha value is -0.200. The zero-order valence-electron chi connectivity index (χ0n) is 13.5. The first-order valence-electron chi connectivity index (χ1n) is 8.44. The number of likely N-dealkylation sites (tertiary alicyclic amines) is 1. The zero-order valence-corrected chi connectivity index (χ0v) is 13.5. The summed E-state index contributed by atoms with van der Waals surface area (Å²) in [6, 6.07) is 1.06. The van der Waals surface area contributed by atoms with Crippen molar-refractivity contribution in [2.75, 3.05) is 47.1 Å². The maximum absolute atomic E-state index is 5.97. The average Bonchev–Trinajstić information content (AvgIpc) is 2.96. The Morgan fingerprint density at radius 3 is 2.81 bits per heavy atom. The average molecular weight is 298 g/mol. The van der Waals surface area contributed by atoms with Crippen LogP contribution in [-0.4, -0.2) is 69.8 Å². The third kappa shape index (κ3) is 3.42. The quantitative estimate of drug-likeness (QED) is 0.845. The highest BCUT2D eigenvalue weighted by molar-refractivity contribution is 4.97. The van der Waals surface area contributed by atoms with E-state index < -0.39 is 0 Å². The van der Waals surface area contributed by atoms with Gasteiger partial charge in [-0.3, -0.25) is 4.90 Å². The SMILES string of the molecule is CNC1CCC2(CC1N1CCCC(COC)C1)OCCO2. The summed E-state index contributed by atoms with van der Waals surface area (Å²) in [6.45, 7) is 4.73. The molecular weight excluding hydrogens is 268 g/mol. The Bertz CT molecular complexity index is 331. The Balaban J connectivity index is 1.67. The van der Waals surface area contributed by atoms with E-state index in [2.05, 4.69) is 17.3 Å². The van der Waals surface area contributed by atoms with E-state index in [1.165, 1.54) is 19.4 Å². The minimum absolute atomic E-state index is 0.299. The molecule has 3 fully saturated rings. The highest BCUT2D eigenvalue weighted by Crippen LogP contribution is 2.38. The third-order valence-corrected chi connectivity index (χ3v) is 5.43. The van der Waals surface area contributed by atoms with Crippen molar-refractivity contribution in [1.82, 2.24) is 10.2 Å². The molecule has 3 aliphatic rings. The zero-order chi connectivity index (χ0) is 14.7. The Labute approximate surface area is 128 Å². The van der Waals surface area contributed by atoms with Crippen LogP contribution in [0.25, 0.3) is 0 Å². The molecular formula is C16H30N2O3. The van der Waals surface area contributed by atoms with Gasteiger partial charge in [-0.1, -0.05) is 0 Å². The van der Waals surface area contributed by atoms with Crippen LogP contribution in [-0.2, 0) is 14.2 Å². The fourth-order valence-corrected chi connectivity index (χ4v) is 4.38. The van der Waals surface area contributed by atoms with Crippen LogP contribution in [0.2, 0.25) is 0 Å². The van der Waals surface area contributed by atoms with Gasteiger partial charge >= 0.3 is 0 Å². The van der Waals surface area contributed by atoms with E-state index in [4.69, 9.17) is 14.2 Å². The second-order valence-electron chi connectivity index (χ2n) is 6.77. The molecule has 1 aliphatic carbocycles. The Morgan fingerprint density at radius 2 is 2.10 bits per heavy atom. The lowest BCUT2D eigenvalue weighted by atomic mass is 9.83. The molecule has 1 saturated carbocycles. The normalized spacial score (nSPS) is 37.1. The van der Waals surface area contributed by atoms with Gasteiger partial charge in [0.1, 0.15) is 0 Å². The van der Waals surface area contributed by atoms with Crippen LogP contribution in [0.1, 0.15) is 32.1 Å². The summed E-state index contributed by atoms with van der Waals surface area (Å²) in [5, 5.41) is 3.52. The molecule has 21 heavy (non-hydrogen) atoms. The first-order valence-corrected chi connectivity index (χ1v) is 8.44. The van der Waals surface area contributed by atoms with Gasteiger partial charge in [-0.25, -0.2) is 0 Å². The topological polar surface area (TPSA) is 43.0 Å². The van der Waals surface area contributed by atoms with Gasteiger partial charge in [-0.15, -0.1) is 0 Å². The predicted octanol–water partition coefficient (Wildman–Crippen LogP) is 1.23. The van der Waals surface area contributed by atoms with Gasteiger partial charge in [0.2, 0.25) is 0 Å². The number of ether oxygens (including phenoxy) is 3. The van der Waals surface area contributed by atoms with Crippen LogP contribution in [0.4, 0.5) is 0 Å². The van der Waals surface area contributed by atoms with Crippen LogP contribution in [0, 0.1) is 5.92 Å². The minimum atomic E-state index is -0.299. The Kier molecular flexibility index (Phi) is 5.17. The van der Waals surface area contributed by atoms with Crippen molar-refractivity contribution in [3.63, 3.8) is 0 Å². The molecule has 0 aromatic rings. The maximum atomic E-state index is 5.97. The molecule has 2 heterocycles. The van der Waals surface area contributed by atoms with E-state index >= 15 is 0 Å². The van der Waals surface area contributed by atoms with Gasteiger partial charge in [0.25, 0.3) is 0 Å². The number of nitrogens with one attached hydrogen (secondary N) is 1. The van der Waals surface area contributed by atoms with Crippen molar-refractivity contribution in [3.05, 3.63) is 0 Å². The summed E-state index contributed by atoms with van der Waals surface area (Å²) in [4.78, 5) is 2.65. The van der Waals surface area contributed by atoms with Crippen LogP contribution >= 0.6 is 0 Å². The van der Waals surface area contributed by atoms with Crippen LogP contribution in [0.5, 0.6) is 0 Å². The van der Waals surface area contributed by atoms with Gasteiger partial charge in [0, 0.05) is 38.6 Å². The fourth-order valence-electron chi connectivity index (χ4n) is 4.38. The molecule has 3 atom stereocenters. The number of piperidine rings is 1. The second-order valence-corrected chi connectivity index (χ2v) is 6.77. The van der Waals surface area contributed by atoms with E-state index in [9.17, 15) is 0 Å². The second kappa shape index (κ2) is 6.92. The molecule has 3 unspecified atom stereocenters. The van der Waals surface area contributed by atoms with Crippen LogP contribution < -0.4 is 5.32 Å². The summed E-state index contributed by atoms with van der Waals surface area (Å²) in [5.74, 6) is 0.371. The van der Waals surface area contributed by atoms with Gasteiger partial charge < -0.3 is 19.5 Å². The van der Waals surface area contributed by atoms with Gasteiger partial charge in [0.15, 0.2) is 5.79 Å². The van der Waals surface area contributed by atoms with E-state index in [0.717, 1.165) is 45.6 Å². The molecule has 5 heteroatoms. The molecule has 0 aromatic carbocycles. The first kappa shape index (κ1) is 15.7. The van der Waals surface area contributed by atoms with Crippen molar-refractivity contribution in [2.24, 2.45) is 5.92 Å². The van der Waals surface area contributed by atoms with Gasteiger partial charge in [-0.05, 0) is 38.8 Å². The summed E-state index contributed by atoms with van der Waals surface area (Å²) in [7, 11) is 3.90. The summed E-state index contributed by atoms with van der Waals surface area (Å²) >= 11 is 0. The van der Waals surface area contributed by atoms with E-state index in [1.54, 1.807) is 0 Å². The molecule has 0 amide bonds. The molecule has 0 bridgehead atoms. The van der Waals surface area contributed by atoms with E-state index in [-0.39, 0.29) is 5.79 Å². The number of hydrogen-bond acceptors (Lipinski definition) is 5. The number of likely N-dealkylation sites (N-methyl/N-ethyl adjacent to an activating group) is 1. The van der Waals surface area contributed by atoms with Gasteiger partial charge in [-0.2, -0.15) is 0 Å². The minimum Gasteiger partial charge on any atom is -0.384 e. The lowest BCUT2D eigenvalue weighted by Gasteiger charge is -2.48. The highest BCUT2D eigenvalue weighted by atomic mass is 16.7. The molecule has 5 nitrogen and oxygen atoms in total. The standard InChI is InChI=1S/C16H30N2O3/c1-17-14-5-6-16(20-8-9-21-16)10-15(14)18-7-3-4-13(11-18)12-19-2/h13-15,17H,3-12H2,1-2H3. The molecule has 2 aliphatic heterocycles. The molecule has 122 valence electrons. The number of hydrogen-bond donors (Lipinski definition) is 1. The number of rotatable bonds is 4. The lowest BCUT2D eigenvalue weighted by molar-refractivity contribution is -0.194. The number of methoxy groups -OCH3 is 1. The summed E-state index contributed by atoms with van der Waals surface area (Å²) in [5.41, 5.74) is 0. The third-order valence-electron chi connectivity index (χ3n) is 5.43. The highest BCUT2D eigenvalue weighted by Gasteiger charge is 2.47. The molecule has 0 aromatic heterocycles. The van der Waals surface area contributed by atoms with Crippen molar-refractivity contribution in [1.29, 1.82) is 0 Å². The fraction of sp³-hybridized carbons (Fsp3) is 1.00. The summed E-state index contributed by atoms with van der Waals surface area (Å²) in [6.07, 6.45) is 5.71. The lowest BCUT2D eigenvalue weighted by Crippen LogP contribution is -2.59. The largest absolute Gasteiger partial charge is 0.384 e. The van der Waals surface area contributed by atoms with Crippen molar-refractivity contribution < 1.29 is 14.2 Å².